The van der Waals surface area contributed by atoms with Crippen LogP contribution in [-0.4, -0.2) is 11.2 Å². The number of halogens is 1. The van der Waals surface area contributed by atoms with E-state index in [9.17, 15) is 4.79 Å². The minimum atomic E-state index is 0.0897. The number of benzene rings is 1. The Morgan fingerprint density at radius 2 is 1.93 bits per heavy atom. The molecule has 0 unspecified atom stereocenters. The highest BCUT2D eigenvalue weighted by atomic mass is 79.9. The van der Waals surface area contributed by atoms with E-state index in [-0.39, 0.29) is 5.91 Å². The van der Waals surface area contributed by atoms with Crippen LogP contribution in [-0.2, 0) is 4.79 Å². The van der Waals surface area contributed by atoms with Crippen molar-refractivity contribution in [3.63, 3.8) is 0 Å². The number of hydrogen-bond acceptors (Lipinski definition) is 1. The van der Waals surface area contributed by atoms with Crippen molar-refractivity contribution in [2.45, 2.75) is 26.7 Å². The quantitative estimate of drug-likeness (QED) is 0.834. The van der Waals surface area contributed by atoms with Crippen LogP contribution in [0.15, 0.2) is 18.2 Å². The Morgan fingerprint density at radius 3 is 2.47 bits per heavy atom. The second-order valence-electron chi connectivity index (χ2n) is 3.61. The number of amides is 1. The fourth-order valence-corrected chi connectivity index (χ4v) is 1.72. The van der Waals surface area contributed by atoms with Crippen LogP contribution in [0, 0.1) is 13.8 Å². The number of rotatable bonds is 4. The summed E-state index contributed by atoms with van der Waals surface area (Å²) in [6.45, 7) is 4.01. The molecule has 2 nitrogen and oxygen atoms in total. The normalized spacial score (nSPS) is 10.1. The van der Waals surface area contributed by atoms with Crippen molar-refractivity contribution < 1.29 is 4.79 Å². The summed E-state index contributed by atoms with van der Waals surface area (Å²) >= 11 is 3.31. The summed E-state index contributed by atoms with van der Waals surface area (Å²) in [5, 5.41) is 3.82. The lowest BCUT2D eigenvalue weighted by Crippen LogP contribution is -2.13. The van der Waals surface area contributed by atoms with Gasteiger partial charge in [-0.3, -0.25) is 4.79 Å². The molecule has 0 spiro atoms. The topological polar surface area (TPSA) is 29.1 Å². The van der Waals surface area contributed by atoms with Crippen LogP contribution in [0.25, 0.3) is 0 Å². The van der Waals surface area contributed by atoms with Gasteiger partial charge in [-0.15, -0.1) is 0 Å². The van der Waals surface area contributed by atoms with Gasteiger partial charge in [-0.1, -0.05) is 34.1 Å². The minimum Gasteiger partial charge on any atom is -0.326 e. The molecule has 1 aromatic carbocycles. The van der Waals surface area contributed by atoms with Gasteiger partial charge in [-0.05, 0) is 31.4 Å². The van der Waals surface area contributed by atoms with Crippen molar-refractivity contribution >= 4 is 27.5 Å². The molecule has 0 radical (unpaired) electrons. The number of nitrogens with one attached hydrogen (secondary N) is 1. The first kappa shape index (κ1) is 12.2. The van der Waals surface area contributed by atoms with E-state index in [0.717, 1.165) is 28.6 Å². The highest BCUT2D eigenvalue weighted by molar-refractivity contribution is 9.09. The van der Waals surface area contributed by atoms with E-state index >= 15 is 0 Å². The van der Waals surface area contributed by atoms with E-state index < -0.39 is 0 Å². The average molecular weight is 270 g/mol. The molecule has 15 heavy (non-hydrogen) atoms. The zero-order valence-corrected chi connectivity index (χ0v) is 10.7. The van der Waals surface area contributed by atoms with Crippen LogP contribution < -0.4 is 5.32 Å². The summed E-state index contributed by atoms with van der Waals surface area (Å²) in [6, 6.07) is 6.01. The Balaban J connectivity index is 2.68. The number of aryl methyl sites for hydroxylation is 2. The molecule has 0 aliphatic rings. The molecule has 0 atom stereocenters. The highest BCUT2D eigenvalue weighted by Crippen LogP contribution is 2.19. The molecule has 82 valence electrons. The van der Waals surface area contributed by atoms with Crippen molar-refractivity contribution in [2.75, 3.05) is 10.6 Å². The first-order valence-corrected chi connectivity index (χ1v) is 6.19. The van der Waals surface area contributed by atoms with Crippen LogP contribution >= 0.6 is 15.9 Å². The van der Waals surface area contributed by atoms with Crippen LogP contribution in [0.4, 0.5) is 5.69 Å². The monoisotopic (exact) mass is 269 g/mol. The number of alkyl halides is 1. The molecule has 3 heteroatoms. The second-order valence-corrected chi connectivity index (χ2v) is 4.40. The first-order valence-electron chi connectivity index (χ1n) is 5.07. The number of anilines is 1. The van der Waals surface area contributed by atoms with Crippen LogP contribution in [0.2, 0.25) is 0 Å². The van der Waals surface area contributed by atoms with E-state index in [2.05, 4.69) is 21.2 Å². The maximum atomic E-state index is 11.5. The Hall–Kier alpha value is -0.830. The third-order valence-corrected chi connectivity index (χ3v) is 2.84. The zero-order valence-electron chi connectivity index (χ0n) is 9.14. The maximum absolute atomic E-state index is 11.5. The van der Waals surface area contributed by atoms with Gasteiger partial charge in [0.25, 0.3) is 0 Å². The van der Waals surface area contributed by atoms with Gasteiger partial charge in [-0.2, -0.15) is 0 Å². The fourth-order valence-electron chi connectivity index (χ4n) is 1.44. The summed E-state index contributed by atoms with van der Waals surface area (Å²) in [6.07, 6.45) is 1.44. The van der Waals surface area contributed by atoms with E-state index in [4.69, 9.17) is 0 Å². The van der Waals surface area contributed by atoms with Gasteiger partial charge in [0, 0.05) is 17.4 Å². The standard InChI is InChI=1S/C12H16BrNO/c1-9-5-3-6-10(2)12(9)14-11(15)7-4-8-13/h3,5-6H,4,7-8H2,1-2H3,(H,14,15). The molecule has 0 bridgehead atoms. The number of hydrogen-bond donors (Lipinski definition) is 1. The molecule has 0 aromatic heterocycles. The van der Waals surface area contributed by atoms with Crippen molar-refractivity contribution in [2.24, 2.45) is 0 Å². The SMILES string of the molecule is Cc1cccc(C)c1NC(=O)CCCBr. The minimum absolute atomic E-state index is 0.0897. The van der Waals surface area contributed by atoms with E-state index in [1.54, 1.807) is 0 Å². The molecular formula is C12H16BrNO. The second kappa shape index (κ2) is 5.91. The summed E-state index contributed by atoms with van der Waals surface area (Å²) in [7, 11) is 0. The summed E-state index contributed by atoms with van der Waals surface area (Å²) in [4.78, 5) is 11.5. The predicted molar refractivity (Wildman–Crippen MR) is 67.6 cm³/mol. The van der Waals surface area contributed by atoms with Gasteiger partial charge in [0.1, 0.15) is 0 Å². The summed E-state index contributed by atoms with van der Waals surface area (Å²) in [5.74, 6) is 0.0897. The smallest absolute Gasteiger partial charge is 0.224 e. The molecule has 1 aromatic rings. The molecule has 0 aliphatic carbocycles. The Bertz CT molecular complexity index is 329. The molecule has 0 aliphatic heterocycles. The fraction of sp³-hybridized carbons (Fsp3) is 0.417. The summed E-state index contributed by atoms with van der Waals surface area (Å²) < 4.78 is 0. The lowest BCUT2D eigenvalue weighted by atomic mass is 10.1. The largest absolute Gasteiger partial charge is 0.326 e. The third kappa shape index (κ3) is 3.67. The lowest BCUT2D eigenvalue weighted by Gasteiger charge is -2.10. The van der Waals surface area contributed by atoms with E-state index in [0.29, 0.717) is 6.42 Å². The first-order chi connectivity index (χ1) is 7.15. The van der Waals surface area contributed by atoms with Crippen LogP contribution in [0.3, 0.4) is 0 Å². The predicted octanol–water partition coefficient (Wildman–Crippen LogP) is 3.42. The number of carbonyl (C=O) groups is 1. The van der Waals surface area contributed by atoms with Crippen LogP contribution in [0.5, 0.6) is 0 Å². The molecule has 1 rings (SSSR count). The van der Waals surface area contributed by atoms with Crippen molar-refractivity contribution in [3.8, 4) is 0 Å². The van der Waals surface area contributed by atoms with Crippen molar-refractivity contribution in [1.82, 2.24) is 0 Å². The molecule has 1 N–H and O–H groups in total. The number of para-hydroxylation sites is 1. The van der Waals surface area contributed by atoms with Gasteiger partial charge < -0.3 is 5.32 Å². The number of carbonyl (C=O) groups excluding carboxylic acids is 1. The Morgan fingerprint density at radius 1 is 1.33 bits per heavy atom. The van der Waals surface area contributed by atoms with Crippen LogP contribution in [0.1, 0.15) is 24.0 Å². The molecule has 0 heterocycles. The van der Waals surface area contributed by atoms with Crippen molar-refractivity contribution in [3.05, 3.63) is 29.3 Å². The van der Waals surface area contributed by atoms with E-state index in [1.807, 2.05) is 32.0 Å². The van der Waals surface area contributed by atoms with Crippen molar-refractivity contribution in [1.29, 1.82) is 0 Å². The lowest BCUT2D eigenvalue weighted by molar-refractivity contribution is -0.116. The van der Waals surface area contributed by atoms with Gasteiger partial charge in [-0.25, -0.2) is 0 Å². The molecular weight excluding hydrogens is 254 g/mol. The van der Waals surface area contributed by atoms with Gasteiger partial charge in [0.15, 0.2) is 0 Å². The molecule has 1 amide bonds. The Kier molecular flexibility index (Phi) is 4.82. The molecule has 0 fully saturated rings. The maximum Gasteiger partial charge on any atom is 0.224 e. The van der Waals surface area contributed by atoms with E-state index in [1.165, 1.54) is 0 Å². The zero-order chi connectivity index (χ0) is 11.3. The summed E-state index contributed by atoms with van der Waals surface area (Å²) in [5.41, 5.74) is 3.18. The highest BCUT2D eigenvalue weighted by Gasteiger charge is 2.06. The molecule has 0 saturated heterocycles. The Labute approximate surface area is 99.2 Å². The third-order valence-electron chi connectivity index (χ3n) is 2.28. The van der Waals surface area contributed by atoms with Gasteiger partial charge >= 0.3 is 0 Å². The molecule has 0 saturated carbocycles. The average Bonchev–Trinajstić information content (AvgIpc) is 2.21. The van der Waals surface area contributed by atoms with Gasteiger partial charge in [0.05, 0.1) is 0 Å². The van der Waals surface area contributed by atoms with Gasteiger partial charge in [0.2, 0.25) is 5.91 Å².